The van der Waals surface area contributed by atoms with Gasteiger partial charge in [0.25, 0.3) is 5.56 Å². The van der Waals surface area contributed by atoms with Crippen molar-refractivity contribution in [3.63, 3.8) is 0 Å². The summed E-state index contributed by atoms with van der Waals surface area (Å²) in [6.45, 7) is 6.23. The Morgan fingerprint density at radius 3 is 2.46 bits per heavy atom. The molecule has 0 aliphatic rings. The predicted octanol–water partition coefficient (Wildman–Crippen LogP) is 6.09. The van der Waals surface area contributed by atoms with Crippen LogP contribution in [0.15, 0.2) is 83.7 Å². The first-order valence-electron chi connectivity index (χ1n) is 12.0. The van der Waals surface area contributed by atoms with Crippen molar-refractivity contribution in [3.8, 4) is 27.6 Å². The highest BCUT2D eigenvalue weighted by molar-refractivity contribution is 7.21. The molecule has 1 amide bonds. The van der Waals surface area contributed by atoms with Gasteiger partial charge in [0.05, 0.1) is 22.5 Å². The summed E-state index contributed by atoms with van der Waals surface area (Å²) in [7, 11) is 0. The number of nitrogens with one attached hydrogen (secondary N) is 1. The molecule has 0 radical (unpaired) electrons. The second-order valence-corrected chi connectivity index (χ2v) is 9.72. The number of amides is 1. The van der Waals surface area contributed by atoms with E-state index in [9.17, 15) is 9.59 Å². The topological polar surface area (TPSA) is 86.1 Å². The van der Waals surface area contributed by atoms with Gasteiger partial charge in [-0.3, -0.25) is 9.59 Å². The normalized spacial score (nSPS) is 11.9. The number of carbonyl (C=O) groups excluding carboxylic acids is 1. The van der Waals surface area contributed by atoms with Crippen molar-refractivity contribution in [1.29, 1.82) is 0 Å². The lowest BCUT2D eigenvalue weighted by Crippen LogP contribution is -2.33. The van der Waals surface area contributed by atoms with Crippen LogP contribution in [0, 0.1) is 6.92 Å². The van der Waals surface area contributed by atoms with Crippen LogP contribution < -0.4 is 15.6 Å². The standard InChI is InChI=1S/C29H26N4O3S/c1-4-36-23-12-8-20(9-13-23)24-15-16-27(34)33(32-24)19(3)28(35)30-22-10-6-21(7-11-22)29-31-25-14-5-18(2)17-26(25)37-29/h5-17,19H,4H2,1-3H3,(H,30,35). The highest BCUT2D eigenvalue weighted by Crippen LogP contribution is 2.31. The quantitative estimate of drug-likeness (QED) is 0.286. The van der Waals surface area contributed by atoms with E-state index in [1.807, 2.05) is 61.5 Å². The van der Waals surface area contributed by atoms with Crippen molar-refractivity contribution in [2.24, 2.45) is 0 Å². The fourth-order valence-corrected chi connectivity index (χ4v) is 5.02. The molecule has 5 rings (SSSR count). The van der Waals surface area contributed by atoms with E-state index in [-0.39, 0.29) is 11.5 Å². The Kier molecular flexibility index (Phi) is 6.83. The molecule has 2 aromatic heterocycles. The number of hydrogen-bond donors (Lipinski definition) is 1. The van der Waals surface area contributed by atoms with Gasteiger partial charge in [-0.1, -0.05) is 6.07 Å². The third kappa shape index (κ3) is 5.29. The molecule has 186 valence electrons. The van der Waals surface area contributed by atoms with Gasteiger partial charge in [0.1, 0.15) is 16.8 Å². The number of nitrogens with zero attached hydrogens (tertiary/aromatic N) is 3. The number of rotatable bonds is 7. The van der Waals surface area contributed by atoms with Crippen molar-refractivity contribution in [1.82, 2.24) is 14.8 Å². The Morgan fingerprint density at radius 2 is 1.73 bits per heavy atom. The Labute approximate surface area is 218 Å². The minimum atomic E-state index is -0.803. The van der Waals surface area contributed by atoms with E-state index in [0.29, 0.717) is 18.0 Å². The highest BCUT2D eigenvalue weighted by Gasteiger charge is 2.18. The average Bonchev–Trinajstić information content (AvgIpc) is 3.33. The summed E-state index contributed by atoms with van der Waals surface area (Å²) in [4.78, 5) is 30.2. The third-order valence-electron chi connectivity index (χ3n) is 5.98. The molecule has 2 heterocycles. The van der Waals surface area contributed by atoms with Gasteiger partial charge in [-0.05, 0) is 93.1 Å². The van der Waals surface area contributed by atoms with Gasteiger partial charge in [-0.15, -0.1) is 11.3 Å². The van der Waals surface area contributed by atoms with Crippen molar-refractivity contribution in [2.45, 2.75) is 26.8 Å². The molecule has 0 aliphatic heterocycles. The molecular formula is C29H26N4O3S. The highest BCUT2D eigenvalue weighted by atomic mass is 32.1. The maximum Gasteiger partial charge on any atom is 0.267 e. The lowest BCUT2D eigenvalue weighted by Gasteiger charge is -2.15. The van der Waals surface area contributed by atoms with E-state index in [1.54, 1.807) is 24.3 Å². The van der Waals surface area contributed by atoms with Gasteiger partial charge in [-0.25, -0.2) is 9.67 Å². The first kappa shape index (κ1) is 24.4. The van der Waals surface area contributed by atoms with Crippen LogP contribution in [-0.4, -0.2) is 27.3 Å². The molecule has 0 spiro atoms. The zero-order chi connectivity index (χ0) is 25.9. The number of fused-ring (bicyclic) bond motifs is 1. The summed E-state index contributed by atoms with van der Waals surface area (Å²) >= 11 is 1.64. The number of benzene rings is 3. The molecule has 0 saturated heterocycles. The van der Waals surface area contributed by atoms with Crippen molar-refractivity contribution in [2.75, 3.05) is 11.9 Å². The molecule has 0 bridgehead atoms. The van der Waals surface area contributed by atoms with Crippen LogP contribution in [0.4, 0.5) is 5.69 Å². The summed E-state index contributed by atoms with van der Waals surface area (Å²) in [5.41, 5.74) is 4.86. The zero-order valence-corrected chi connectivity index (χ0v) is 21.6. The van der Waals surface area contributed by atoms with Crippen LogP contribution in [0.25, 0.3) is 32.0 Å². The predicted molar refractivity (Wildman–Crippen MR) is 148 cm³/mol. The molecule has 1 N–H and O–H groups in total. The number of thiazole rings is 1. The molecule has 0 aliphatic carbocycles. The summed E-state index contributed by atoms with van der Waals surface area (Å²) in [5, 5.41) is 8.27. The fraction of sp³-hybridized carbons (Fsp3) is 0.172. The van der Waals surface area contributed by atoms with Crippen molar-refractivity contribution < 1.29 is 9.53 Å². The largest absolute Gasteiger partial charge is 0.494 e. The minimum absolute atomic E-state index is 0.332. The van der Waals surface area contributed by atoms with E-state index < -0.39 is 6.04 Å². The van der Waals surface area contributed by atoms with Gasteiger partial charge in [0.2, 0.25) is 5.91 Å². The second-order valence-electron chi connectivity index (χ2n) is 8.69. The number of aromatic nitrogens is 3. The number of anilines is 1. The second kappa shape index (κ2) is 10.4. The van der Waals surface area contributed by atoms with E-state index >= 15 is 0 Å². The van der Waals surface area contributed by atoms with Crippen molar-refractivity contribution >= 4 is 33.1 Å². The van der Waals surface area contributed by atoms with Gasteiger partial charge in [0.15, 0.2) is 0 Å². The summed E-state index contributed by atoms with van der Waals surface area (Å²) in [6.07, 6.45) is 0. The Hall–Kier alpha value is -4.30. The molecule has 3 aromatic carbocycles. The first-order chi connectivity index (χ1) is 17.9. The molecule has 5 aromatic rings. The molecule has 7 nitrogen and oxygen atoms in total. The number of carbonyl (C=O) groups is 1. The van der Waals surface area contributed by atoms with Crippen LogP contribution in [0.2, 0.25) is 0 Å². The van der Waals surface area contributed by atoms with Gasteiger partial charge >= 0.3 is 0 Å². The Bertz CT molecular complexity index is 1620. The lowest BCUT2D eigenvalue weighted by molar-refractivity contribution is -0.119. The zero-order valence-electron chi connectivity index (χ0n) is 20.8. The number of hydrogen-bond acceptors (Lipinski definition) is 6. The van der Waals surface area contributed by atoms with Crippen molar-refractivity contribution in [3.05, 3.63) is 94.8 Å². The van der Waals surface area contributed by atoms with Crippen LogP contribution in [0.1, 0.15) is 25.5 Å². The summed E-state index contributed by atoms with van der Waals surface area (Å²) in [6, 6.07) is 23.5. The molecule has 37 heavy (non-hydrogen) atoms. The Morgan fingerprint density at radius 1 is 1.00 bits per heavy atom. The third-order valence-corrected chi connectivity index (χ3v) is 7.04. The lowest BCUT2D eigenvalue weighted by atomic mass is 10.1. The summed E-state index contributed by atoms with van der Waals surface area (Å²) in [5.74, 6) is 0.429. The van der Waals surface area contributed by atoms with E-state index in [1.165, 1.54) is 16.3 Å². The maximum atomic E-state index is 13.0. The van der Waals surface area contributed by atoms with Crippen LogP contribution in [-0.2, 0) is 4.79 Å². The Balaban J connectivity index is 1.31. The molecule has 0 fully saturated rings. The number of ether oxygens (including phenoxy) is 1. The molecule has 1 atom stereocenters. The van der Waals surface area contributed by atoms with E-state index in [0.717, 1.165) is 32.1 Å². The van der Waals surface area contributed by atoms with Gasteiger partial charge < -0.3 is 10.1 Å². The monoisotopic (exact) mass is 510 g/mol. The van der Waals surface area contributed by atoms with Gasteiger partial charge in [0, 0.05) is 22.9 Å². The van der Waals surface area contributed by atoms with Gasteiger partial charge in [-0.2, -0.15) is 5.10 Å². The molecule has 1 unspecified atom stereocenters. The maximum absolute atomic E-state index is 13.0. The van der Waals surface area contributed by atoms with Crippen LogP contribution in [0.3, 0.4) is 0 Å². The minimum Gasteiger partial charge on any atom is -0.494 e. The molecule has 0 saturated carbocycles. The van der Waals surface area contributed by atoms with Crippen LogP contribution >= 0.6 is 11.3 Å². The first-order valence-corrected chi connectivity index (χ1v) is 12.8. The number of aryl methyl sites for hydroxylation is 1. The summed E-state index contributed by atoms with van der Waals surface area (Å²) < 4.78 is 7.84. The van der Waals surface area contributed by atoms with E-state index in [4.69, 9.17) is 9.72 Å². The SMILES string of the molecule is CCOc1ccc(-c2ccc(=O)n(C(C)C(=O)Nc3ccc(-c4nc5ccc(C)cc5s4)cc3)n2)cc1. The molecule has 8 heteroatoms. The fourth-order valence-electron chi connectivity index (χ4n) is 3.95. The molecular weight excluding hydrogens is 484 g/mol. The average molecular weight is 511 g/mol. The van der Waals surface area contributed by atoms with E-state index in [2.05, 4.69) is 29.5 Å². The van der Waals surface area contributed by atoms with Crippen LogP contribution in [0.5, 0.6) is 5.75 Å². The smallest absolute Gasteiger partial charge is 0.267 e.